The van der Waals surface area contributed by atoms with Gasteiger partial charge in [-0.25, -0.2) is 9.97 Å². The van der Waals surface area contributed by atoms with Gasteiger partial charge in [0, 0.05) is 56.2 Å². The first kappa shape index (κ1) is 28.2. The number of nitrogens with zero attached hydrogens (tertiary/aromatic N) is 3. The van der Waals surface area contributed by atoms with Crippen molar-refractivity contribution >= 4 is 43.9 Å². The van der Waals surface area contributed by atoms with Gasteiger partial charge in [0.1, 0.15) is 22.3 Å². The van der Waals surface area contributed by atoms with E-state index in [4.69, 9.17) is 18.8 Å². The van der Waals surface area contributed by atoms with E-state index in [1.807, 2.05) is 66.9 Å². The molecule has 0 N–H and O–H groups in total. The molecule has 0 radical (unpaired) electrons. The van der Waals surface area contributed by atoms with E-state index in [-0.39, 0.29) is 0 Å². The van der Waals surface area contributed by atoms with E-state index in [0.29, 0.717) is 5.82 Å². The Morgan fingerprint density at radius 3 is 1.86 bits per heavy atom. The highest BCUT2D eigenvalue weighted by Gasteiger charge is 2.22. The van der Waals surface area contributed by atoms with Crippen molar-refractivity contribution in [3.8, 4) is 56.2 Å². The molecule has 0 fully saturated rings. The summed E-state index contributed by atoms with van der Waals surface area (Å²) >= 11 is 0. The largest absolute Gasteiger partial charge is 0.456 e. The predicted octanol–water partition coefficient (Wildman–Crippen LogP) is 12.0. The molecule has 0 unspecified atom stereocenters. The van der Waals surface area contributed by atoms with E-state index in [0.717, 1.165) is 94.2 Å². The number of hydrogen-bond acceptors (Lipinski definition) is 5. The highest BCUT2D eigenvalue weighted by atomic mass is 16.3. The Morgan fingerprint density at radius 1 is 0.400 bits per heavy atom. The van der Waals surface area contributed by atoms with E-state index in [1.54, 1.807) is 6.20 Å². The number of rotatable bonds is 5. The van der Waals surface area contributed by atoms with Crippen LogP contribution in [0.15, 0.2) is 173 Å². The maximum Gasteiger partial charge on any atom is 0.160 e. The minimum Gasteiger partial charge on any atom is -0.456 e. The minimum absolute atomic E-state index is 0.661. The van der Waals surface area contributed by atoms with Crippen LogP contribution in [-0.2, 0) is 0 Å². The summed E-state index contributed by atoms with van der Waals surface area (Å²) in [7, 11) is 0. The summed E-state index contributed by atoms with van der Waals surface area (Å²) < 4.78 is 13.0. The third-order valence-corrected chi connectivity index (χ3v) is 9.43. The molecule has 0 saturated carbocycles. The number of aromatic nitrogens is 3. The fourth-order valence-corrected chi connectivity index (χ4v) is 7.07. The zero-order valence-corrected chi connectivity index (χ0v) is 26.7. The molecule has 5 heteroatoms. The minimum atomic E-state index is 0.661. The molecule has 0 aliphatic rings. The van der Waals surface area contributed by atoms with Crippen molar-refractivity contribution < 1.29 is 8.83 Å². The van der Waals surface area contributed by atoms with Crippen molar-refractivity contribution in [3.63, 3.8) is 0 Å². The molecule has 234 valence electrons. The third-order valence-electron chi connectivity index (χ3n) is 9.43. The Hall–Kier alpha value is -6.85. The molecule has 10 rings (SSSR count). The van der Waals surface area contributed by atoms with Crippen LogP contribution < -0.4 is 0 Å². The first-order chi connectivity index (χ1) is 24.8. The second kappa shape index (κ2) is 11.4. The van der Waals surface area contributed by atoms with Gasteiger partial charge in [0.15, 0.2) is 5.82 Å². The molecule has 0 saturated heterocycles. The average molecular weight is 642 g/mol. The van der Waals surface area contributed by atoms with Crippen LogP contribution >= 0.6 is 0 Å². The molecule has 0 aliphatic carbocycles. The molecule has 0 bridgehead atoms. The Balaban J connectivity index is 1.21. The molecule has 4 aromatic heterocycles. The molecule has 0 amide bonds. The van der Waals surface area contributed by atoms with E-state index in [1.165, 1.54) is 0 Å². The topological polar surface area (TPSA) is 65.0 Å². The summed E-state index contributed by atoms with van der Waals surface area (Å²) in [6.45, 7) is 0. The summed E-state index contributed by atoms with van der Waals surface area (Å²) in [4.78, 5) is 14.6. The van der Waals surface area contributed by atoms with Crippen molar-refractivity contribution in [1.82, 2.24) is 15.0 Å². The van der Waals surface area contributed by atoms with Crippen LogP contribution in [0.1, 0.15) is 0 Å². The summed E-state index contributed by atoms with van der Waals surface area (Å²) in [5.74, 6) is 0.661. The molecule has 50 heavy (non-hydrogen) atoms. The molecule has 0 spiro atoms. The standard InChI is InChI=1S/C45H27N3O2/c1-2-10-30(11-3-1)45-47-37(29-21-19-28(20-22-29)31-12-9-25-46-27-31)26-38(48-45)34-24-23-33(44-43(34)36-14-5-7-17-40(36)50-44)32-15-8-18-41-42(32)35-13-4-6-16-39(35)49-41/h1-27H. The maximum atomic E-state index is 6.74. The lowest BCUT2D eigenvalue weighted by molar-refractivity contribution is 0.668. The van der Waals surface area contributed by atoms with Gasteiger partial charge in [0.2, 0.25) is 0 Å². The van der Waals surface area contributed by atoms with Crippen molar-refractivity contribution in [2.75, 3.05) is 0 Å². The monoisotopic (exact) mass is 641 g/mol. The van der Waals surface area contributed by atoms with Crippen LogP contribution in [0.5, 0.6) is 0 Å². The second-order valence-corrected chi connectivity index (χ2v) is 12.4. The quantitative estimate of drug-likeness (QED) is 0.187. The normalized spacial score (nSPS) is 11.6. The van der Waals surface area contributed by atoms with Gasteiger partial charge in [-0.05, 0) is 53.1 Å². The summed E-state index contributed by atoms with van der Waals surface area (Å²) in [5.41, 5.74) is 12.2. The molecule has 10 aromatic rings. The Morgan fingerprint density at radius 2 is 1.06 bits per heavy atom. The number of para-hydroxylation sites is 2. The molecular weight excluding hydrogens is 615 g/mol. The smallest absolute Gasteiger partial charge is 0.160 e. The number of pyridine rings is 1. The van der Waals surface area contributed by atoms with Gasteiger partial charge in [-0.1, -0.05) is 115 Å². The fourth-order valence-electron chi connectivity index (χ4n) is 7.07. The Bertz CT molecular complexity index is 2850. The molecule has 0 atom stereocenters. The molecule has 4 heterocycles. The zero-order valence-electron chi connectivity index (χ0n) is 26.7. The van der Waals surface area contributed by atoms with E-state index >= 15 is 0 Å². The summed E-state index contributed by atoms with van der Waals surface area (Å²) in [6, 6.07) is 51.7. The number of fused-ring (bicyclic) bond motifs is 6. The number of benzene rings is 6. The van der Waals surface area contributed by atoms with Crippen molar-refractivity contribution in [3.05, 3.63) is 164 Å². The van der Waals surface area contributed by atoms with Crippen molar-refractivity contribution in [1.29, 1.82) is 0 Å². The van der Waals surface area contributed by atoms with Gasteiger partial charge in [-0.15, -0.1) is 0 Å². The SMILES string of the molecule is c1ccc(-c2nc(-c3ccc(-c4cccnc4)cc3)cc(-c3ccc(-c4cccc5oc6ccccc6c45)c4oc5ccccc5c34)n2)cc1. The van der Waals surface area contributed by atoms with Gasteiger partial charge < -0.3 is 8.83 Å². The van der Waals surface area contributed by atoms with Crippen LogP contribution in [0.4, 0.5) is 0 Å². The molecule has 6 aromatic carbocycles. The third kappa shape index (κ3) is 4.60. The number of hydrogen-bond donors (Lipinski definition) is 0. The highest BCUT2D eigenvalue weighted by molar-refractivity contribution is 6.20. The van der Waals surface area contributed by atoms with Gasteiger partial charge in [-0.3, -0.25) is 4.98 Å². The maximum absolute atomic E-state index is 6.74. The van der Waals surface area contributed by atoms with Gasteiger partial charge in [0.05, 0.1) is 11.4 Å². The van der Waals surface area contributed by atoms with Crippen molar-refractivity contribution in [2.45, 2.75) is 0 Å². The molecular formula is C45H27N3O2. The average Bonchev–Trinajstić information content (AvgIpc) is 3.77. The van der Waals surface area contributed by atoms with Crippen LogP contribution in [0, 0.1) is 0 Å². The zero-order chi connectivity index (χ0) is 33.0. The summed E-state index contributed by atoms with van der Waals surface area (Å²) in [6.07, 6.45) is 3.67. The van der Waals surface area contributed by atoms with Crippen LogP contribution in [0.25, 0.3) is 100 Å². The summed E-state index contributed by atoms with van der Waals surface area (Å²) in [5, 5.41) is 4.20. The fraction of sp³-hybridized carbons (Fsp3) is 0. The predicted molar refractivity (Wildman–Crippen MR) is 202 cm³/mol. The van der Waals surface area contributed by atoms with Crippen LogP contribution in [-0.4, -0.2) is 15.0 Å². The molecule has 5 nitrogen and oxygen atoms in total. The lowest BCUT2D eigenvalue weighted by atomic mass is 9.94. The lowest BCUT2D eigenvalue weighted by Gasteiger charge is -2.12. The highest BCUT2D eigenvalue weighted by Crippen LogP contribution is 2.45. The first-order valence-corrected chi connectivity index (χ1v) is 16.6. The van der Waals surface area contributed by atoms with Gasteiger partial charge >= 0.3 is 0 Å². The van der Waals surface area contributed by atoms with Crippen LogP contribution in [0.3, 0.4) is 0 Å². The van der Waals surface area contributed by atoms with Crippen molar-refractivity contribution in [2.24, 2.45) is 0 Å². The van der Waals surface area contributed by atoms with Crippen LogP contribution in [0.2, 0.25) is 0 Å². The molecule has 0 aliphatic heterocycles. The second-order valence-electron chi connectivity index (χ2n) is 12.4. The van der Waals surface area contributed by atoms with E-state index in [2.05, 4.69) is 96.0 Å². The van der Waals surface area contributed by atoms with E-state index in [9.17, 15) is 0 Å². The number of furan rings is 2. The van der Waals surface area contributed by atoms with Gasteiger partial charge in [-0.2, -0.15) is 0 Å². The first-order valence-electron chi connectivity index (χ1n) is 16.6. The Labute approximate surface area is 287 Å². The Kier molecular flexibility index (Phi) is 6.42. The van der Waals surface area contributed by atoms with Gasteiger partial charge in [0.25, 0.3) is 0 Å². The lowest BCUT2D eigenvalue weighted by Crippen LogP contribution is -1.96. The van der Waals surface area contributed by atoms with E-state index < -0.39 is 0 Å².